The molecule has 3 heterocycles. The van der Waals surface area contributed by atoms with Gasteiger partial charge in [-0.05, 0) is 54.6 Å². The van der Waals surface area contributed by atoms with Crippen LogP contribution in [-0.4, -0.2) is 43.5 Å². The first-order valence-corrected chi connectivity index (χ1v) is 13.3. The van der Waals surface area contributed by atoms with E-state index in [1.165, 1.54) is 12.1 Å². The summed E-state index contributed by atoms with van der Waals surface area (Å²) in [6.07, 6.45) is 0.695. The highest BCUT2D eigenvalue weighted by Crippen LogP contribution is 2.36. The quantitative estimate of drug-likeness (QED) is 0.547. The second-order valence-electron chi connectivity index (χ2n) is 7.70. The van der Waals surface area contributed by atoms with E-state index in [4.69, 9.17) is 10.2 Å². The number of carbonyl (C=O) groups is 1. The summed E-state index contributed by atoms with van der Waals surface area (Å²) in [5, 5.41) is 15.5. The van der Waals surface area contributed by atoms with E-state index >= 15 is 0 Å². The smallest absolute Gasteiger partial charge is 0.257 e. The molecule has 1 amide bonds. The Hall–Kier alpha value is -2.37. The Kier molecular flexibility index (Phi) is 6.59. The van der Waals surface area contributed by atoms with Gasteiger partial charge in [0.2, 0.25) is 10.0 Å². The topological polar surface area (TPSA) is 96.1 Å². The van der Waals surface area contributed by atoms with E-state index in [0.717, 1.165) is 21.0 Å². The third-order valence-electron chi connectivity index (χ3n) is 5.58. The molecule has 0 unspecified atom stereocenters. The molecule has 0 fully saturated rings. The van der Waals surface area contributed by atoms with Gasteiger partial charge in [-0.3, -0.25) is 9.69 Å². The Morgan fingerprint density at radius 2 is 1.88 bits per heavy atom. The van der Waals surface area contributed by atoms with Crippen molar-refractivity contribution in [1.82, 2.24) is 9.91 Å². The number of hydrogen-bond acceptors (Lipinski definition) is 7. The van der Waals surface area contributed by atoms with Gasteiger partial charge < -0.3 is 0 Å². The predicted molar refractivity (Wildman–Crippen MR) is 128 cm³/mol. The second-order valence-corrected chi connectivity index (χ2v) is 11.2. The van der Waals surface area contributed by atoms with Gasteiger partial charge in [-0.2, -0.15) is 5.10 Å². The van der Waals surface area contributed by atoms with Crippen LogP contribution in [0.5, 0.6) is 0 Å². The number of nitrogens with two attached hydrogens (primary N) is 1. The molecule has 7 nitrogen and oxygen atoms in total. The van der Waals surface area contributed by atoms with E-state index in [9.17, 15) is 13.2 Å². The zero-order valence-electron chi connectivity index (χ0n) is 17.7. The summed E-state index contributed by atoms with van der Waals surface area (Å²) in [5.41, 5.74) is 1.83. The monoisotopic (exact) mass is 488 g/mol. The molecule has 2 N–H and O–H groups in total. The van der Waals surface area contributed by atoms with Gasteiger partial charge in [0.05, 0.1) is 28.1 Å². The van der Waals surface area contributed by atoms with E-state index in [-0.39, 0.29) is 29.4 Å². The Morgan fingerprint density at radius 1 is 1.19 bits per heavy atom. The zero-order chi connectivity index (χ0) is 22.9. The molecule has 0 saturated carbocycles. The van der Waals surface area contributed by atoms with Crippen molar-refractivity contribution in [3.8, 4) is 0 Å². The van der Waals surface area contributed by atoms with Crippen LogP contribution >= 0.6 is 22.7 Å². The van der Waals surface area contributed by atoms with Gasteiger partial charge in [0.15, 0.2) is 0 Å². The zero-order valence-corrected chi connectivity index (χ0v) is 20.2. The number of hydrogen-bond donors (Lipinski definition) is 1. The lowest BCUT2D eigenvalue weighted by atomic mass is 10.1. The molecule has 0 spiro atoms. The fraction of sp³-hybridized carbons (Fsp3) is 0.273. The molecule has 0 bridgehead atoms. The van der Waals surface area contributed by atoms with E-state index < -0.39 is 10.0 Å². The number of hydrazone groups is 1. The second kappa shape index (κ2) is 9.24. The highest BCUT2D eigenvalue weighted by Gasteiger charge is 2.34. The number of sulfonamides is 1. The van der Waals surface area contributed by atoms with E-state index in [0.29, 0.717) is 6.42 Å². The first-order chi connectivity index (χ1) is 15.2. The van der Waals surface area contributed by atoms with Crippen LogP contribution in [0.3, 0.4) is 0 Å². The molecule has 3 aromatic rings. The lowest BCUT2D eigenvalue weighted by Gasteiger charge is -2.28. The molecule has 2 aromatic heterocycles. The van der Waals surface area contributed by atoms with Gasteiger partial charge in [-0.1, -0.05) is 24.3 Å². The molecular formula is C22H24N4O3S3. The van der Waals surface area contributed by atoms with Gasteiger partial charge in [0.1, 0.15) is 0 Å². The molecular weight excluding hydrogens is 464 g/mol. The number of carbonyl (C=O) groups excluding carboxylic acids is 1. The van der Waals surface area contributed by atoms with Gasteiger partial charge in [0.25, 0.3) is 5.91 Å². The van der Waals surface area contributed by atoms with Crippen molar-refractivity contribution in [2.24, 2.45) is 10.2 Å². The van der Waals surface area contributed by atoms with Crippen molar-refractivity contribution >= 4 is 44.3 Å². The number of rotatable bonds is 7. The summed E-state index contributed by atoms with van der Waals surface area (Å²) >= 11 is 3.25. The third-order valence-corrected chi connectivity index (χ3v) is 8.40. The summed E-state index contributed by atoms with van der Waals surface area (Å²) in [7, 11) is -1.86. The summed E-state index contributed by atoms with van der Waals surface area (Å²) in [6.45, 7) is 2.15. The molecule has 1 aliphatic heterocycles. The first-order valence-electron chi connectivity index (χ1n) is 10.0. The predicted octanol–water partition coefficient (Wildman–Crippen LogP) is 3.83. The minimum Gasteiger partial charge on any atom is -0.291 e. The van der Waals surface area contributed by atoms with Gasteiger partial charge >= 0.3 is 0 Å². The number of thiophene rings is 2. The summed E-state index contributed by atoms with van der Waals surface area (Å²) in [6, 6.07) is 14.3. The van der Waals surface area contributed by atoms with Crippen LogP contribution in [-0.2, 0) is 14.8 Å². The summed E-state index contributed by atoms with van der Waals surface area (Å²) in [4.78, 5) is 17.5. The molecule has 1 aromatic carbocycles. The number of primary sulfonamides is 1. The molecule has 168 valence electrons. The molecule has 0 aliphatic carbocycles. The molecule has 0 saturated heterocycles. The van der Waals surface area contributed by atoms with E-state index in [1.54, 1.807) is 39.8 Å². The lowest BCUT2D eigenvalue weighted by Crippen LogP contribution is -2.37. The SMILES string of the molecule is C[C@H](c1ccc(S(N)(=O)=O)cc1)N(C)CC(=O)N1N=C(c2cccs2)C[C@@H]1c1cccs1. The highest BCUT2D eigenvalue weighted by molar-refractivity contribution is 7.89. The molecule has 32 heavy (non-hydrogen) atoms. The van der Waals surface area contributed by atoms with Gasteiger partial charge in [-0.15, -0.1) is 22.7 Å². The van der Waals surface area contributed by atoms with Crippen LogP contribution in [0.25, 0.3) is 0 Å². The lowest BCUT2D eigenvalue weighted by molar-refractivity contribution is -0.134. The van der Waals surface area contributed by atoms with Gasteiger partial charge in [-0.25, -0.2) is 18.6 Å². The fourth-order valence-corrected chi connectivity index (χ4v) is 5.70. The van der Waals surface area contributed by atoms with Crippen LogP contribution in [0.1, 0.15) is 40.7 Å². The minimum absolute atomic E-state index is 0.0680. The maximum Gasteiger partial charge on any atom is 0.257 e. The number of nitrogens with zero attached hydrogens (tertiary/aromatic N) is 3. The van der Waals surface area contributed by atoms with Crippen molar-refractivity contribution in [1.29, 1.82) is 0 Å². The Labute approximate surface area is 195 Å². The fourth-order valence-electron chi connectivity index (χ4n) is 3.65. The van der Waals surface area contributed by atoms with Crippen molar-refractivity contribution in [3.63, 3.8) is 0 Å². The molecule has 1 aliphatic rings. The molecule has 2 atom stereocenters. The van der Waals surface area contributed by atoms with Crippen LogP contribution in [0, 0.1) is 0 Å². The molecule has 10 heteroatoms. The standard InChI is InChI=1S/C22H24N4O3S3/c1-15(16-7-9-17(10-8-16)32(23,28)29)25(2)14-22(27)26-19(21-6-4-12-31-21)13-18(24-26)20-5-3-11-30-20/h3-12,15,19H,13-14H2,1-2H3,(H2,23,28,29)/t15-,19-/m1/s1. The van der Waals surface area contributed by atoms with Crippen molar-refractivity contribution in [2.75, 3.05) is 13.6 Å². The minimum atomic E-state index is -3.73. The largest absolute Gasteiger partial charge is 0.291 e. The molecule has 0 radical (unpaired) electrons. The highest BCUT2D eigenvalue weighted by atomic mass is 32.2. The Morgan fingerprint density at radius 3 is 2.47 bits per heavy atom. The maximum atomic E-state index is 13.3. The van der Waals surface area contributed by atoms with Crippen LogP contribution < -0.4 is 5.14 Å². The number of likely N-dealkylation sites (N-methyl/N-ethyl adjacent to an activating group) is 1. The van der Waals surface area contributed by atoms with Gasteiger partial charge in [0, 0.05) is 17.3 Å². The van der Waals surface area contributed by atoms with E-state index in [1.807, 2.05) is 53.9 Å². The average Bonchev–Trinajstić information content (AvgIpc) is 3.53. The number of amides is 1. The van der Waals surface area contributed by atoms with Crippen molar-refractivity contribution in [3.05, 3.63) is 74.6 Å². The Balaban J connectivity index is 1.50. The molecule has 4 rings (SSSR count). The van der Waals surface area contributed by atoms with Crippen LogP contribution in [0.4, 0.5) is 0 Å². The summed E-state index contributed by atoms with van der Waals surface area (Å²) < 4.78 is 23.0. The van der Waals surface area contributed by atoms with E-state index in [2.05, 4.69) is 0 Å². The average molecular weight is 489 g/mol. The van der Waals surface area contributed by atoms with Crippen molar-refractivity contribution in [2.45, 2.75) is 30.3 Å². The third kappa shape index (κ3) is 4.84. The maximum absolute atomic E-state index is 13.3. The van der Waals surface area contributed by atoms with Crippen LogP contribution in [0.2, 0.25) is 0 Å². The van der Waals surface area contributed by atoms with Crippen molar-refractivity contribution < 1.29 is 13.2 Å². The summed E-state index contributed by atoms with van der Waals surface area (Å²) in [5.74, 6) is -0.0783. The van der Waals surface area contributed by atoms with Crippen LogP contribution in [0.15, 0.2) is 69.3 Å². The normalized spacial score (nSPS) is 17.6. The first kappa shape index (κ1) is 22.8. The Bertz CT molecular complexity index is 1200. The number of benzene rings is 1.